The third kappa shape index (κ3) is 5.99. The van der Waals surface area contributed by atoms with Gasteiger partial charge >= 0.3 is 24.2 Å². The molecule has 0 amide bonds. The van der Waals surface area contributed by atoms with Gasteiger partial charge in [0.05, 0.1) is 0 Å². The highest BCUT2D eigenvalue weighted by Crippen LogP contribution is 2.41. The van der Waals surface area contributed by atoms with E-state index in [1.165, 1.54) is 0 Å². The fraction of sp³-hybridized carbons (Fsp3) is 1.00. The number of rotatable bonds is 6. The maximum Gasteiger partial charge on any atom is 0.455 e. The lowest BCUT2D eigenvalue weighted by Gasteiger charge is -2.22. The first-order chi connectivity index (χ1) is 9.14. The monoisotopic (exact) mass is 359 g/mol. The number of alkyl halides is 10. The Labute approximate surface area is 111 Å². The van der Waals surface area contributed by atoms with Gasteiger partial charge in [-0.25, -0.2) is 0 Å². The molecule has 0 atom stereocenters. The predicted octanol–water partition coefficient (Wildman–Crippen LogP) is 4.27. The van der Waals surface area contributed by atoms with Crippen molar-refractivity contribution in [3.63, 3.8) is 0 Å². The molecule has 0 aliphatic rings. The summed E-state index contributed by atoms with van der Waals surface area (Å²) in [7, 11) is -2.76. The molecule has 0 saturated carbocycles. The third-order valence-electron chi connectivity index (χ3n) is 1.77. The lowest BCUT2D eigenvalue weighted by molar-refractivity contribution is -0.293. The van der Waals surface area contributed by atoms with E-state index in [0.29, 0.717) is 0 Å². The molecule has 0 saturated heterocycles. The van der Waals surface area contributed by atoms with Crippen molar-refractivity contribution in [2.24, 2.45) is 4.74 Å². The molecule has 0 radical (unpaired) electrons. The van der Waals surface area contributed by atoms with Gasteiger partial charge in [0.2, 0.25) is 0 Å². The second-order valence-corrected chi connectivity index (χ2v) is 5.03. The highest BCUT2D eigenvalue weighted by molar-refractivity contribution is 7.36. The molecular formula is C7H8F10NO2P. The maximum atomic E-state index is 12.4. The molecule has 3 nitrogen and oxygen atoms in total. The van der Waals surface area contributed by atoms with Crippen LogP contribution < -0.4 is 0 Å². The van der Waals surface area contributed by atoms with E-state index in [1.54, 1.807) is 0 Å². The first kappa shape index (κ1) is 20.5. The van der Waals surface area contributed by atoms with Crippen molar-refractivity contribution < 1.29 is 53.0 Å². The summed E-state index contributed by atoms with van der Waals surface area (Å²) < 4.78 is 131. The van der Waals surface area contributed by atoms with E-state index < -0.39 is 45.6 Å². The summed E-state index contributed by atoms with van der Waals surface area (Å²) in [6.45, 7) is -4.61. The molecule has 0 aromatic heterocycles. The molecular weight excluding hydrogens is 351 g/mol. The molecule has 21 heavy (non-hydrogen) atoms. The largest absolute Gasteiger partial charge is 0.455 e. The van der Waals surface area contributed by atoms with E-state index in [1.807, 2.05) is 0 Å². The SMILES string of the molecule is CN=[PH](OCC(F)(F)C(F)(F)F)OCC(F)(F)C(F)(F)F. The molecule has 0 aromatic rings. The molecule has 0 bridgehead atoms. The van der Waals surface area contributed by atoms with Crippen LogP contribution in [0.25, 0.3) is 0 Å². The highest BCUT2D eigenvalue weighted by atomic mass is 31.1. The van der Waals surface area contributed by atoms with Gasteiger partial charge in [0.15, 0.2) is 8.17 Å². The van der Waals surface area contributed by atoms with Crippen molar-refractivity contribution in [3.05, 3.63) is 0 Å². The molecule has 128 valence electrons. The minimum atomic E-state index is -5.97. The van der Waals surface area contributed by atoms with E-state index in [4.69, 9.17) is 0 Å². The zero-order valence-corrected chi connectivity index (χ0v) is 11.0. The Hall–Kier alpha value is -0.550. The fourth-order valence-electron chi connectivity index (χ4n) is 0.639. The lowest BCUT2D eigenvalue weighted by Crippen LogP contribution is -2.41. The molecule has 0 rings (SSSR count). The summed E-state index contributed by atoms with van der Waals surface area (Å²) in [5.41, 5.74) is 0. The molecule has 0 aliphatic carbocycles. The summed E-state index contributed by atoms with van der Waals surface area (Å²) in [6.07, 6.45) is -11.9. The first-order valence-corrected chi connectivity index (χ1v) is 6.02. The van der Waals surface area contributed by atoms with Crippen LogP contribution in [0.5, 0.6) is 0 Å². The standard InChI is InChI=1S/C7H8F10NO2P/c1-18-21(19-2-4(8,9)6(12,13)14)20-3-5(10,11)7(15,16)17/h21H,2-3H2,1H3. The topological polar surface area (TPSA) is 30.8 Å². The van der Waals surface area contributed by atoms with Gasteiger partial charge in [-0.15, -0.1) is 0 Å². The van der Waals surface area contributed by atoms with Gasteiger partial charge in [-0.2, -0.15) is 43.9 Å². The minimum Gasteiger partial charge on any atom is -0.319 e. The Bertz CT molecular complexity index is 345. The van der Waals surface area contributed by atoms with E-state index in [-0.39, 0.29) is 0 Å². The Morgan fingerprint density at radius 1 is 0.714 bits per heavy atom. The quantitative estimate of drug-likeness (QED) is 0.524. The van der Waals surface area contributed by atoms with Gasteiger partial charge < -0.3 is 9.05 Å². The van der Waals surface area contributed by atoms with Crippen molar-refractivity contribution in [3.8, 4) is 0 Å². The van der Waals surface area contributed by atoms with Crippen molar-refractivity contribution in [2.45, 2.75) is 24.2 Å². The lowest BCUT2D eigenvalue weighted by atomic mass is 10.3. The molecule has 0 aliphatic heterocycles. The van der Waals surface area contributed by atoms with Crippen LogP contribution in [-0.2, 0) is 9.05 Å². The number of hydrogen-bond donors (Lipinski definition) is 0. The Balaban J connectivity index is 4.59. The average Bonchev–Trinajstić information content (AvgIpc) is 2.26. The molecule has 0 N–H and O–H groups in total. The summed E-state index contributed by atoms with van der Waals surface area (Å²) in [4.78, 5) is 0. The Morgan fingerprint density at radius 3 is 1.19 bits per heavy atom. The van der Waals surface area contributed by atoms with Crippen molar-refractivity contribution >= 4 is 8.17 Å². The predicted molar refractivity (Wildman–Crippen MR) is 50.6 cm³/mol. The summed E-state index contributed by atoms with van der Waals surface area (Å²) in [6, 6.07) is 0. The number of nitrogens with zero attached hydrogens (tertiary/aromatic N) is 1. The van der Waals surface area contributed by atoms with Gasteiger partial charge in [-0.05, 0) is 0 Å². The Morgan fingerprint density at radius 2 is 1.00 bits per heavy atom. The summed E-state index contributed by atoms with van der Waals surface area (Å²) >= 11 is 0. The molecule has 0 spiro atoms. The summed E-state index contributed by atoms with van der Waals surface area (Å²) in [5.74, 6) is -10.6. The van der Waals surface area contributed by atoms with Crippen LogP contribution in [-0.4, -0.2) is 44.5 Å². The Kier molecular flexibility index (Phi) is 6.52. The van der Waals surface area contributed by atoms with Crippen molar-refractivity contribution in [1.82, 2.24) is 0 Å². The van der Waals surface area contributed by atoms with Gasteiger partial charge in [-0.3, -0.25) is 4.74 Å². The number of hydrogen-bond acceptors (Lipinski definition) is 3. The van der Waals surface area contributed by atoms with E-state index in [0.717, 1.165) is 7.05 Å². The van der Waals surface area contributed by atoms with Crippen molar-refractivity contribution in [1.29, 1.82) is 0 Å². The minimum absolute atomic E-state index is 0.742. The maximum absolute atomic E-state index is 12.4. The van der Waals surface area contributed by atoms with Crippen LogP contribution >= 0.6 is 8.17 Å². The molecule has 14 heteroatoms. The van der Waals surface area contributed by atoms with Crippen LogP contribution in [0.2, 0.25) is 0 Å². The van der Waals surface area contributed by atoms with Crippen LogP contribution in [0, 0.1) is 0 Å². The molecule has 0 heterocycles. The second-order valence-electron chi connectivity index (χ2n) is 3.47. The van der Waals surface area contributed by atoms with Gasteiger partial charge in [0, 0.05) is 7.05 Å². The normalized spacial score (nSPS) is 14.7. The van der Waals surface area contributed by atoms with Crippen molar-refractivity contribution in [2.75, 3.05) is 20.3 Å². The smallest absolute Gasteiger partial charge is 0.319 e. The van der Waals surface area contributed by atoms with Crippen LogP contribution in [0.3, 0.4) is 0 Å². The number of halogens is 10. The molecule has 0 unspecified atom stereocenters. The van der Waals surface area contributed by atoms with Gasteiger partial charge in [0.1, 0.15) is 13.2 Å². The van der Waals surface area contributed by atoms with E-state index in [9.17, 15) is 43.9 Å². The van der Waals surface area contributed by atoms with Gasteiger partial charge in [-0.1, -0.05) is 0 Å². The van der Waals surface area contributed by atoms with E-state index in [2.05, 4.69) is 13.8 Å². The van der Waals surface area contributed by atoms with Gasteiger partial charge in [0.25, 0.3) is 0 Å². The van der Waals surface area contributed by atoms with Crippen LogP contribution in [0.4, 0.5) is 43.9 Å². The third-order valence-corrected chi connectivity index (χ3v) is 2.91. The fourth-order valence-corrected chi connectivity index (χ4v) is 1.59. The zero-order valence-electron chi connectivity index (χ0n) is 9.96. The second kappa shape index (κ2) is 6.69. The molecule has 0 fully saturated rings. The molecule has 0 aromatic carbocycles. The average molecular weight is 359 g/mol. The van der Waals surface area contributed by atoms with E-state index >= 15 is 0 Å². The highest BCUT2D eigenvalue weighted by Gasteiger charge is 2.59. The first-order valence-electron chi connectivity index (χ1n) is 4.75. The zero-order chi connectivity index (χ0) is 17.1. The van der Waals surface area contributed by atoms with Crippen LogP contribution in [0.1, 0.15) is 0 Å². The van der Waals surface area contributed by atoms with Crippen LogP contribution in [0.15, 0.2) is 4.74 Å². The summed E-state index contributed by atoms with van der Waals surface area (Å²) in [5, 5.41) is 0.